The molecule has 0 heterocycles. The average molecular weight is 274 g/mol. The molecule has 0 aliphatic rings. The smallest absolute Gasteiger partial charge is 0.253 e. The van der Waals surface area contributed by atoms with Crippen molar-refractivity contribution in [2.75, 3.05) is 24.3 Å². The van der Waals surface area contributed by atoms with E-state index < -0.39 is 21.6 Å². The molecular weight excluding hydrogens is 259 g/mol. The van der Waals surface area contributed by atoms with Crippen LogP contribution < -0.4 is 11.1 Å². The minimum Gasteiger partial charge on any atom is -0.396 e. The molecule has 7 heteroatoms. The number of halogens is 1. The Morgan fingerprint density at radius 3 is 2.72 bits per heavy atom. The molecule has 0 aliphatic heterocycles. The predicted molar refractivity (Wildman–Crippen MR) is 67.5 cm³/mol. The molecule has 1 rings (SSSR count). The van der Waals surface area contributed by atoms with E-state index in [9.17, 15) is 17.6 Å². The Bertz CT molecular complexity index is 543. The summed E-state index contributed by atoms with van der Waals surface area (Å²) in [5, 5.41) is 2.49. The Morgan fingerprint density at radius 1 is 1.44 bits per heavy atom. The SMILES string of the molecule is CS(=O)(=O)CCCNC(=O)c1cccc(F)c1N. The van der Waals surface area contributed by atoms with Gasteiger partial charge in [-0.25, -0.2) is 12.8 Å². The summed E-state index contributed by atoms with van der Waals surface area (Å²) in [7, 11) is -3.04. The zero-order chi connectivity index (χ0) is 13.8. The molecule has 5 nitrogen and oxygen atoms in total. The molecule has 0 saturated carbocycles. The molecule has 1 amide bonds. The predicted octanol–water partition coefficient (Wildman–Crippen LogP) is 0.572. The largest absolute Gasteiger partial charge is 0.396 e. The number of hydrogen-bond donors (Lipinski definition) is 2. The topological polar surface area (TPSA) is 89.3 Å². The number of anilines is 1. The lowest BCUT2D eigenvalue weighted by molar-refractivity contribution is 0.0954. The van der Waals surface area contributed by atoms with Crippen LogP contribution in [0.1, 0.15) is 16.8 Å². The first-order chi connectivity index (χ1) is 8.31. The lowest BCUT2D eigenvalue weighted by atomic mass is 10.1. The van der Waals surface area contributed by atoms with Crippen molar-refractivity contribution in [3.05, 3.63) is 29.6 Å². The maximum absolute atomic E-state index is 13.1. The minimum atomic E-state index is -3.04. The Kier molecular flexibility index (Phi) is 4.66. The van der Waals surface area contributed by atoms with Crippen molar-refractivity contribution in [2.45, 2.75) is 6.42 Å². The molecule has 0 aromatic heterocycles. The Morgan fingerprint density at radius 2 is 2.11 bits per heavy atom. The van der Waals surface area contributed by atoms with E-state index in [1.807, 2.05) is 0 Å². The fourth-order valence-corrected chi connectivity index (χ4v) is 2.04. The van der Waals surface area contributed by atoms with E-state index in [0.717, 1.165) is 12.3 Å². The van der Waals surface area contributed by atoms with Gasteiger partial charge in [-0.15, -0.1) is 0 Å². The van der Waals surface area contributed by atoms with Gasteiger partial charge in [-0.3, -0.25) is 4.79 Å². The van der Waals surface area contributed by atoms with Crippen molar-refractivity contribution in [2.24, 2.45) is 0 Å². The third-order valence-corrected chi connectivity index (χ3v) is 3.31. The quantitative estimate of drug-likeness (QED) is 0.607. The number of amides is 1. The van der Waals surface area contributed by atoms with Crippen LogP contribution in [-0.2, 0) is 9.84 Å². The summed E-state index contributed by atoms with van der Waals surface area (Å²) in [4.78, 5) is 11.6. The molecule has 0 radical (unpaired) electrons. The molecular formula is C11H15FN2O3S. The number of hydrogen-bond acceptors (Lipinski definition) is 4. The lowest BCUT2D eigenvalue weighted by Crippen LogP contribution is -2.26. The summed E-state index contributed by atoms with van der Waals surface area (Å²) < 4.78 is 34.8. The maximum atomic E-state index is 13.1. The van der Waals surface area contributed by atoms with Gasteiger partial charge in [0.05, 0.1) is 17.0 Å². The lowest BCUT2D eigenvalue weighted by Gasteiger charge is -2.07. The van der Waals surface area contributed by atoms with Gasteiger partial charge in [0.2, 0.25) is 0 Å². The zero-order valence-electron chi connectivity index (χ0n) is 9.94. The normalized spacial score (nSPS) is 11.2. The number of nitrogen functional groups attached to an aromatic ring is 1. The summed E-state index contributed by atoms with van der Waals surface area (Å²) in [6.45, 7) is 0.196. The van der Waals surface area contributed by atoms with Crippen LogP contribution in [0.4, 0.5) is 10.1 Å². The third-order valence-electron chi connectivity index (χ3n) is 2.28. The van der Waals surface area contributed by atoms with Gasteiger partial charge < -0.3 is 11.1 Å². The van der Waals surface area contributed by atoms with E-state index in [4.69, 9.17) is 5.73 Å². The van der Waals surface area contributed by atoms with Crippen molar-refractivity contribution in [1.29, 1.82) is 0 Å². The minimum absolute atomic E-state index is 0.00802. The van der Waals surface area contributed by atoms with Gasteiger partial charge in [0.1, 0.15) is 15.7 Å². The van der Waals surface area contributed by atoms with E-state index in [-0.39, 0.29) is 23.5 Å². The van der Waals surface area contributed by atoms with Crippen LogP contribution in [-0.4, -0.2) is 32.9 Å². The molecule has 0 aliphatic carbocycles. The third kappa shape index (κ3) is 4.33. The summed E-state index contributed by atoms with van der Waals surface area (Å²) in [6, 6.07) is 3.96. The van der Waals surface area contributed by atoms with Crippen LogP contribution >= 0.6 is 0 Å². The molecule has 1 aromatic rings. The highest BCUT2D eigenvalue weighted by Gasteiger charge is 2.12. The van der Waals surface area contributed by atoms with Crippen LogP contribution in [0.5, 0.6) is 0 Å². The van der Waals surface area contributed by atoms with Gasteiger partial charge in [0.25, 0.3) is 5.91 Å². The monoisotopic (exact) mass is 274 g/mol. The van der Waals surface area contributed by atoms with Crippen molar-refractivity contribution >= 4 is 21.4 Å². The van der Waals surface area contributed by atoms with E-state index in [1.165, 1.54) is 12.1 Å². The number of carbonyl (C=O) groups excluding carboxylic acids is 1. The first-order valence-corrected chi connectivity index (χ1v) is 7.37. The Balaban J connectivity index is 2.54. The summed E-state index contributed by atoms with van der Waals surface area (Å²) in [5.41, 5.74) is 5.27. The van der Waals surface area contributed by atoms with Crippen molar-refractivity contribution in [3.8, 4) is 0 Å². The number of benzene rings is 1. The second-order valence-corrected chi connectivity index (χ2v) is 6.20. The first kappa shape index (κ1) is 14.4. The summed E-state index contributed by atoms with van der Waals surface area (Å²) >= 11 is 0. The van der Waals surface area contributed by atoms with Crippen LogP contribution in [0, 0.1) is 5.82 Å². The second kappa shape index (κ2) is 5.81. The summed E-state index contributed by atoms with van der Waals surface area (Å²) in [5.74, 6) is -1.18. The molecule has 0 spiro atoms. The zero-order valence-corrected chi connectivity index (χ0v) is 10.8. The molecule has 0 atom stereocenters. The first-order valence-electron chi connectivity index (χ1n) is 5.31. The van der Waals surface area contributed by atoms with Gasteiger partial charge in [-0.05, 0) is 18.6 Å². The molecule has 0 saturated heterocycles. The van der Waals surface area contributed by atoms with Crippen molar-refractivity contribution < 1.29 is 17.6 Å². The standard InChI is InChI=1S/C11H15FN2O3S/c1-18(16,17)7-3-6-14-11(15)8-4-2-5-9(12)10(8)13/h2,4-5H,3,6-7,13H2,1H3,(H,14,15). The van der Waals surface area contributed by atoms with Crippen LogP contribution in [0.25, 0.3) is 0 Å². The number of carbonyl (C=O) groups is 1. The Labute approximate surface area is 105 Å². The molecule has 0 unspecified atom stereocenters. The van der Waals surface area contributed by atoms with Gasteiger partial charge in [0, 0.05) is 12.8 Å². The van der Waals surface area contributed by atoms with Gasteiger partial charge in [-0.2, -0.15) is 0 Å². The fraction of sp³-hybridized carbons (Fsp3) is 0.364. The van der Waals surface area contributed by atoms with Crippen LogP contribution in [0.3, 0.4) is 0 Å². The summed E-state index contributed by atoms with van der Waals surface area (Å²) in [6.07, 6.45) is 1.43. The molecule has 18 heavy (non-hydrogen) atoms. The molecule has 3 N–H and O–H groups in total. The number of nitrogens with two attached hydrogens (primary N) is 1. The number of sulfone groups is 1. The van der Waals surface area contributed by atoms with E-state index in [1.54, 1.807) is 0 Å². The highest BCUT2D eigenvalue weighted by molar-refractivity contribution is 7.90. The average Bonchev–Trinajstić information content (AvgIpc) is 2.26. The van der Waals surface area contributed by atoms with E-state index in [2.05, 4.69) is 5.32 Å². The van der Waals surface area contributed by atoms with Gasteiger partial charge in [0.15, 0.2) is 0 Å². The van der Waals surface area contributed by atoms with Crippen molar-refractivity contribution in [3.63, 3.8) is 0 Å². The molecule has 0 bridgehead atoms. The fourth-order valence-electron chi connectivity index (χ4n) is 1.37. The number of rotatable bonds is 5. The number of para-hydroxylation sites is 1. The van der Waals surface area contributed by atoms with Gasteiger partial charge >= 0.3 is 0 Å². The van der Waals surface area contributed by atoms with Crippen LogP contribution in [0.15, 0.2) is 18.2 Å². The molecule has 1 aromatic carbocycles. The molecule has 0 fully saturated rings. The van der Waals surface area contributed by atoms with Crippen LogP contribution in [0.2, 0.25) is 0 Å². The second-order valence-electron chi connectivity index (χ2n) is 3.94. The Hall–Kier alpha value is -1.63. The maximum Gasteiger partial charge on any atom is 0.253 e. The highest BCUT2D eigenvalue weighted by atomic mass is 32.2. The van der Waals surface area contributed by atoms with Gasteiger partial charge in [-0.1, -0.05) is 6.07 Å². The van der Waals surface area contributed by atoms with E-state index >= 15 is 0 Å². The molecule has 100 valence electrons. The van der Waals surface area contributed by atoms with Crippen molar-refractivity contribution in [1.82, 2.24) is 5.32 Å². The number of nitrogens with one attached hydrogen (secondary N) is 1. The van der Waals surface area contributed by atoms with E-state index in [0.29, 0.717) is 6.42 Å². The highest BCUT2D eigenvalue weighted by Crippen LogP contribution is 2.15.